The average molecular weight is 431 g/mol. The van der Waals surface area contributed by atoms with Crippen LogP contribution in [0, 0.1) is 6.92 Å². The molecule has 30 heavy (non-hydrogen) atoms. The highest BCUT2D eigenvalue weighted by molar-refractivity contribution is 7.88. The molecule has 1 unspecified atom stereocenters. The van der Waals surface area contributed by atoms with Gasteiger partial charge in [-0.2, -0.15) is 4.31 Å². The van der Waals surface area contributed by atoms with Gasteiger partial charge in [-0.3, -0.25) is 0 Å². The second kappa shape index (κ2) is 9.16. The van der Waals surface area contributed by atoms with Crippen LogP contribution in [-0.2, 0) is 23.0 Å². The number of nitrogens with zero attached hydrogens (tertiary/aromatic N) is 2. The summed E-state index contributed by atoms with van der Waals surface area (Å²) in [6.07, 6.45) is 1.80. The van der Waals surface area contributed by atoms with Crippen LogP contribution in [0.5, 0.6) is 0 Å². The van der Waals surface area contributed by atoms with Crippen LogP contribution in [0.1, 0.15) is 28.3 Å². The van der Waals surface area contributed by atoms with Gasteiger partial charge in [-0.25, -0.2) is 13.2 Å². The van der Waals surface area contributed by atoms with E-state index in [-0.39, 0.29) is 12.1 Å². The van der Waals surface area contributed by atoms with E-state index in [2.05, 4.69) is 46.7 Å². The fourth-order valence-electron chi connectivity index (χ4n) is 3.73. The van der Waals surface area contributed by atoms with Crippen molar-refractivity contribution in [1.29, 1.82) is 0 Å². The van der Waals surface area contributed by atoms with Gasteiger partial charge in [0.25, 0.3) is 0 Å². The molecule has 0 aromatic heterocycles. The molecule has 7 nitrogen and oxygen atoms in total. The number of likely N-dealkylation sites (N-methyl/N-ethyl adjacent to an activating group) is 1. The van der Waals surface area contributed by atoms with E-state index >= 15 is 0 Å². The van der Waals surface area contributed by atoms with Gasteiger partial charge in [0.2, 0.25) is 10.0 Å². The number of benzene rings is 2. The van der Waals surface area contributed by atoms with Crippen molar-refractivity contribution in [3.63, 3.8) is 0 Å². The van der Waals surface area contributed by atoms with Gasteiger partial charge in [0, 0.05) is 25.3 Å². The first-order valence-corrected chi connectivity index (χ1v) is 11.8. The van der Waals surface area contributed by atoms with E-state index in [0.29, 0.717) is 26.1 Å². The van der Waals surface area contributed by atoms with E-state index in [1.807, 2.05) is 32.3 Å². The van der Waals surface area contributed by atoms with Crippen molar-refractivity contribution >= 4 is 21.7 Å². The largest absolute Gasteiger partial charge is 0.336 e. The maximum absolute atomic E-state index is 12.6. The van der Waals surface area contributed by atoms with Crippen LogP contribution in [-0.4, -0.2) is 57.1 Å². The minimum Gasteiger partial charge on any atom is -0.336 e. The van der Waals surface area contributed by atoms with Crippen molar-refractivity contribution in [3.05, 3.63) is 64.7 Å². The molecule has 2 aromatic carbocycles. The van der Waals surface area contributed by atoms with Gasteiger partial charge in [0.1, 0.15) is 0 Å². The summed E-state index contributed by atoms with van der Waals surface area (Å²) in [6, 6.07) is 13.7. The van der Waals surface area contributed by atoms with E-state index in [1.54, 1.807) is 0 Å². The summed E-state index contributed by atoms with van der Waals surface area (Å²) >= 11 is 0. The molecule has 0 aliphatic carbocycles. The molecular weight excluding hydrogens is 400 g/mol. The molecule has 0 radical (unpaired) electrons. The third kappa shape index (κ3) is 5.38. The van der Waals surface area contributed by atoms with Crippen LogP contribution in [0.25, 0.3) is 0 Å². The zero-order chi connectivity index (χ0) is 21.9. The first-order valence-electron chi connectivity index (χ1n) is 9.99. The normalized spacial score (nSPS) is 15.5. The zero-order valence-corrected chi connectivity index (χ0v) is 18.8. The number of sulfonamides is 1. The molecule has 0 spiro atoms. The molecule has 2 amide bonds. The number of nitrogens with one attached hydrogen (secondary N) is 2. The van der Waals surface area contributed by atoms with Gasteiger partial charge in [-0.15, -0.1) is 0 Å². The molecule has 1 atom stereocenters. The predicted molar refractivity (Wildman–Crippen MR) is 120 cm³/mol. The number of urea groups is 1. The minimum atomic E-state index is -3.23. The Morgan fingerprint density at radius 3 is 2.50 bits per heavy atom. The van der Waals surface area contributed by atoms with Crippen molar-refractivity contribution in [2.45, 2.75) is 25.9 Å². The predicted octanol–water partition coefficient (Wildman–Crippen LogP) is 2.74. The monoisotopic (exact) mass is 430 g/mol. The summed E-state index contributed by atoms with van der Waals surface area (Å²) < 4.78 is 25.1. The van der Waals surface area contributed by atoms with Crippen molar-refractivity contribution in [2.24, 2.45) is 0 Å². The summed E-state index contributed by atoms with van der Waals surface area (Å²) in [7, 11) is 0.752. The van der Waals surface area contributed by atoms with Crippen LogP contribution in [0.2, 0.25) is 0 Å². The Morgan fingerprint density at radius 1 is 1.17 bits per heavy atom. The summed E-state index contributed by atoms with van der Waals surface area (Å²) in [6.45, 7) is 3.28. The first-order chi connectivity index (χ1) is 14.1. The smallest absolute Gasteiger partial charge is 0.319 e. The van der Waals surface area contributed by atoms with Crippen LogP contribution in [0.15, 0.2) is 42.5 Å². The summed E-state index contributed by atoms with van der Waals surface area (Å²) in [5.74, 6) is 0. The molecule has 162 valence electrons. The third-order valence-electron chi connectivity index (χ3n) is 5.49. The maximum atomic E-state index is 12.6. The van der Waals surface area contributed by atoms with Gasteiger partial charge in [0.05, 0.1) is 12.3 Å². The van der Waals surface area contributed by atoms with E-state index in [4.69, 9.17) is 0 Å². The minimum absolute atomic E-state index is 0.0596. The Hall–Kier alpha value is -2.42. The number of carbonyl (C=O) groups excluding carboxylic acids is 1. The van der Waals surface area contributed by atoms with E-state index in [9.17, 15) is 13.2 Å². The Morgan fingerprint density at radius 2 is 1.87 bits per heavy atom. The van der Waals surface area contributed by atoms with E-state index in [0.717, 1.165) is 22.4 Å². The number of hydrogen-bond acceptors (Lipinski definition) is 4. The molecule has 0 saturated carbocycles. The second-order valence-electron chi connectivity index (χ2n) is 8.01. The van der Waals surface area contributed by atoms with Crippen molar-refractivity contribution < 1.29 is 13.2 Å². The third-order valence-corrected chi connectivity index (χ3v) is 6.74. The first kappa shape index (κ1) is 22.3. The topological polar surface area (TPSA) is 81.8 Å². The lowest BCUT2D eigenvalue weighted by molar-refractivity contribution is 0.243. The Bertz CT molecular complexity index is 1000. The van der Waals surface area contributed by atoms with Gasteiger partial charge in [-0.05, 0) is 50.2 Å². The standard InChI is InChI=1S/C22H30N4O3S/c1-16-8-10-17(11-9-16)21(25(2)3)14-23-22(27)24-20-7-5-6-18-15-26(30(4,28)29)13-12-19(18)20/h5-11,21H,12-15H2,1-4H3,(H2,23,24,27). The SMILES string of the molecule is Cc1ccc(C(CNC(=O)Nc2cccc3c2CCN(S(C)(=O)=O)C3)N(C)C)cc1. The van der Waals surface area contributed by atoms with Gasteiger partial charge >= 0.3 is 6.03 Å². The zero-order valence-electron chi connectivity index (χ0n) is 18.0. The molecule has 3 rings (SSSR count). The average Bonchev–Trinajstić information content (AvgIpc) is 2.68. The lowest BCUT2D eigenvalue weighted by atomic mass is 9.99. The number of rotatable bonds is 6. The summed E-state index contributed by atoms with van der Waals surface area (Å²) in [5.41, 5.74) is 4.99. The molecule has 2 aromatic rings. The second-order valence-corrected chi connectivity index (χ2v) is 10.00. The molecule has 1 heterocycles. The molecule has 0 saturated heterocycles. The van der Waals surface area contributed by atoms with E-state index in [1.165, 1.54) is 16.1 Å². The van der Waals surface area contributed by atoms with Gasteiger partial charge < -0.3 is 15.5 Å². The van der Waals surface area contributed by atoms with Crippen LogP contribution in [0.4, 0.5) is 10.5 Å². The Kier molecular flexibility index (Phi) is 6.80. The Labute approximate surface area is 179 Å². The molecule has 1 aliphatic heterocycles. The highest BCUT2D eigenvalue weighted by atomic mass is 32.2. The number of hydrogen-bond donors (Lipinski definition) is 2. The van der Waals surface area contributed by atoms with E-state index < -0.39 is 10.0 Å². The van der Waals surface area contributed by atoms with Gasteiger partial charge in [0.15, 0.2) is 0 Å². The number of anilines is 1. The van der Waals surface area contributed by atoms with Crippen molar-refractivity contribution in [3.8, 4) is 0 Å². The summed E-state index contributed by atoms with van der Waals surface area (Å²) in [4.78, 5) is 14.7. The number of aryl methyl sites for hydroxylation is 1. The molecule has 1 aliphatic rings. The number of fused-ring (bicyclic) bond motifs is 1. The highest BCUT2D eigenvalue weighted by Crippen LogP contribution is 2.27. The lowest BCUT2D eigenvalue weighted by Crippen LogP contribution is -2.38. The van der Waals surface area contributed by atoms with Crippen molar-refractivity contribution in [2.75, 3.05) is 38.8 Å². The maximum Gasteiger partial charge on any atom is 0.319 e. The van der Waals surface area contributed by atoms with Crippen molar-refractivity contribution in [1.82, 2.24) is 14.5 Å². The fraction of sp³-hybridized carbons (Fsp3) is 0.409. The molecule has 2 N–H and O–H groups in total. The van der Waals surface area contributed by atoms with Gasteiger partial charge in [-0.1, -0.05) is 42.0 Å². The fourth-order valence-corrected chi connectivity index (χ4v) is 4.52. The lowest BCUT2D eigenvalue weighted by Gasteiger charge is -2.28. The van der Waals surface area contributed by atoms with Crippen LogP contribution >= 0.6 is 0 Å². The molecule has 0 fully saturated rings. The quantitative estimate of drug-likeness (QED) is 0.738. The Balaban J connectivity index is 1.66. The molecule has 0 bridgehead atoms. The molecular formula is C22H30N4O3S. The number of carbonyl (C=O) groups is 1. The van der Waals surface area contributed by atoms with Crippen LogP contribution in [0.3, 0.4) is 0 Å². The summed E-state index contributed by atoms with van der Waals surface area (Å²) in [5, 5.41) is 5.91. The van der Waals surface area contributed by atoms with Crippen LogP contribution < -0.4 is 10.6 Å². The highest BCUT2D eigenvalue weighted by Gasteiger charge is 2.25. The number of amides is 2. The molecule has 8 heteroatoms.